The summed E-state index contributed by atoms with van der Waals surface area (Å²) in [4.78, 5) is 7.93. The summed E-state index contributed by atoms with van der Waals surface area (Å²) in [6.07, 6.45) is 7.92. The Balaban J connectivity index is 1.70. The number of nitrogens with zero attached hydrogens (tertiary/aromatic N) is 1. The van der Waals surface area contributed by atoms with Gasteiger partial charge in [-0.15, -0.1) is 0 Å². The Kier molecular flexibility index (Phi) is 5.09. The number of aromatic amines is 1. The van der Waals surface area contributed by atoms with Crippen LogP contribution in [0.2, 0.25) is 0 Å². The lowest BCUT2D eigenvalue weighted by molar-refractivity contribution is 0.741. The maximum Gasteiger partial charge on any atom is 0.201 e. The fraction of sp³-hybridized carbons (Fsp3) is 0.250. The van der Waals surface area contributed by atoms with Gasteiger partial charge in [0.15, 0.2) is 0 Å². The van der Waals surface area contributed by atoms with E-state index >= 15 is 0 Å². The smallest absolute Gasteiger partial charge is 0.201 e. The average Bonchev–Trinajstić information content (AvgIpc) is 3.00. The number of hydrogen-bond acceptors (Lipinski definition) is 2. The molecule has 0 unspecified atom stereocenters. The Morgan fingerprint density at radius 2 is 1.83 bits per heavy atom. The van der Waals surface area contributed by atoms with E-state index in [2.05, 4.69) is 64.7 Å². The van der Waals surface area contributed by atoms with E-state index in [1.165, 1.54) is 30.4 Å². The van der Waals surface area contributed by atoms with Crippen molar-refractivity contribution in [2.24, 2.45) is 0 Å². The first-order valence-corrected chi connectivity index (χ1v) is 8.32. The summed E-state index contributed by atoms with van der Waals surface area (Å²) in [5.74, 6) is 0.861. The molecule has 1 heterocycles. The summed E-state index contributed by atoms with van der Waals surface area (Å²) >= 11 is 0. The van der Waals surface area contributed by atoms with Gasteiger partial charge in [0.05, 0.1) is 11.0 Å². The molecule has 1 aromatic heterocycles. The van der Waals surface area contributed by atoms with Gasteiger partial charge in [0.1, 0.15) is 0 Å². The number of H-pyrrole nitrogens is 1. The van der Waals surface area contributed by atoms with Crippen molar-refractivity contribution in [1.29, 1.82) is 0 Å². The molecule has 3 heteroatoms. The molecule has 2 aromatic carbocycles. The van der Waals surface area contributed by atoms with Crippen molar-refractivity contribution in [3.05, 3.63) is 59.7 Å². The number of rotatable bonds is 7. The van der Waals surface area contributed by atoms with Gasteiger partial charge in [-0.2, -0.15) is 0 Å². The molecule has 3 nitrogen and oxygen atoms in total. The molecule has 0 atom stereocenters. The lowest BCUT2D eigenvalue weighted by Crippen LogP contribution is -2.02. The molecule has 2 N–H and O–H groups in total. The third kappa shape index (κ3) is 4.22. The highest BCUT2D eigenvalue weighted by Gasteiger charge is 2.02. The van der Waals surface area contributed by atoms with Crippen LogP contribution in [0, 0.1) is 0 Å². The largest absolute Gasteiger partial charge is 0.356 e. The molecule has 118 valence electrons. The van der Waals surface area contributed by atoms with Crippen molar-refractivity contribution in [1.82, 2.24) is 9.97 Å². The van der Waals surface area contributed by atoms with Gasteiger partial charge in [-0.25, -0.2) is 4.98 Å². The van der Waals surface area contributed by atoms with E-state index in [1.54, 1.807) is 0 Å². The molecule has 3 rings (SSSR count). The molecule has 3 aromatic rings. The molecule has 0 aliphatic heterocycles. The number of imidazole rings is 1. The molecular formula is C20H23N3. The topological polar surface area (TPSA) is 40.7 Å². The minimum atomic E-state index is 0.861. The van der Waals surface area contributed by atoms with Crippen LogP contribution in [-0.4, -0.2) is 16.5 Å². The highest BCUT2D eigenvalue weighted by atomic mass is 15.1. The van der Waals surface area contributed by atoms with Gasteiger partial charge < -0.3 is 10.3 Å². The maximum absolute atomic E-state index is 4.58. The van der Waals surface area contributed by atoms with Crippen molar-refractivity contribution < 1.29 is 0 Å². The zero-order valence-electron chi connectivity index (χ0n) is 13.5. The SMILES string of the molecule is CCCCCNc1nc2ccc(C=Cc3ccccc3)cc2[nH]1. The van der Waals surface area contributed by atoms with Crippen LogP contribution in [0.1, 0.15) is 37.3 Å². The Bertz CT molecular complexity index is 772. The first kappa shape index (κ1) is 15.3. The molecule has 0 saturated carbocycles. The molecule has 0 radical (unpaired) electrons. The zero-order valence-corrected chi connectivity index (χ0v) is 13.5. The van der Waals surface area contributed by atoms with E-state index < -0.39 is 0 Å². The molecule has 0 saturated heterocycles. The third-order valence-corrected chi connectivity index (χ3v) is 3.85. The van der Waals surface area contributed by atoms with Crippen molar-refractivity contribution in [2.45, 2.75) is 26.2 Å². The second kappa shape index (κ2) is 7.63. The Hall–Kier alpha value is -2.55. The zero-order chi connectivity index (χ0) is 15.9. The Morgan fingerprint density at radius 1 is 1.00 bits per heavy atom. The highest BCUT2D eigenvalue weighted by Crippen LogP contribution is 2.18. The van der Waals surface area contributed by atoms with Crippen molar-refractivity contribution >= 4 is 29.1 Å². The number of aromatic nitrogens is 2. The lowest BCUT2D eigenvalue weighted by atomic mass is 10.1. The fourth-order valence-electron chi connectivity index (χ4n) is 2.55. The van der Waals surface area contributed by atoms with Crippen LogP contribution >= 0.6 is 0 Å². The molecule has 0 bridgehead atoms. The highest BCUT2D eigenvalue weighted by molar-refractivity contribution is 5.82. The van der Waals surface area contributed by atoms with E-state index in [1.807, 2.05) is 18.2 Å². The Labute approximate surface area is 137 Å². The van der Waals surface area contributed by atoms with Crippen molar-refractivity contribution in [2.75, 3.05) is 11.9 Å². The number of nitrogens with one attached hydrogen (secondary N) is 2. The van der Waals surface area contributed by atoms with E-state index in [0.717, 1.165) is 23.5 Å². The maximum atomic E-state index is 4.58. The number of benzene rings is 2. The first-order chi connectivity index (χ1) is 11.3. The molecule has 23 heavy (non-hydrogen) atoms. The molecule has 0 aliphatic carbocycles. The molecule has 0 spiro atoms. The standard InChI is InChI=1S/C20H23N3/c1-2-3-7-14-21-20-22-18-13-12-17(15-19(18)23-20)11-10-16-8-5-4-6-9-16/h4-6,8-13,15H,2-3,7,14H2,1H3,(H2,21,22,23). The number of fused-ring (bicyclic) bond motifs is 1. The molecular weight excluding hydrogens is 282 g/mol. The molecule has 0 fully saturated rings. The number of hydrogen-bond donors (Lipinski definition) is 2. The van der Waals surface area contributed by atoms with Crippen molar-refractivity contribution in [3.8, 4) is 0 Å². The summed E-state index contributed by atoms with van der Waals surface area (Å²) < 4.78 is 0. The Morgan fingerprint density at radius 3 is 2.65 bits per heavy atom. The normalized spacial score (nSPS) is 11.3. The lowest BCUT2D eigenvalue weighted by Gasteiger charge is -2.00. The summed E-state index contributed by atoms with van der Waals surface area (Å²) in [5.41, 5.74) is 4.44. The third-order valence-electron chi connectivity index (χ3n) is 3.85. The predicted molar refractivity (Wildman–Crippen MR) is 99.5 cm³/mol. The van der Waals surface area contributed by atoms with Gasteiger partial charge in [0.2, 0.25) is 5.95 Å². The second-order valence-corrected chi connectivity index (χ2v) is 5.74. The fourth-order valence-corrected chi connectivity index (χ4v) is 2.55. The van der Waals surface area contributed by atoms with Gasteiger partial charge in [-0.05, 0) is 29.7 Å². The van der Waals surface area contributed by atoms with Gasteiger partial charge in [-0.1, -0.05) is 68.3 Å². The molecule has 0 aliphatic rings. The van der Waals surface area contributed by atoms with Gasteiger partial charge in [-0.3, -0.25) is 0 Å². The van der Waals surface area contributed by atoms with Crippen LogP contribution in [0.15, 0.2) is 48.5 Å². The second-order valence-electron chi connectivity index (χ2n) is 5.74. The van der Waals surface area contributed by atoms with Gasteiger partial charge in [0, 0.05) is 6.54 Å². The summed E-state index contributed by atoms with van der Waals surface area (Å²) in [7, 11) is 0. The monoisotopic (exact) mass is 305 g/mol. The number of anilines is 1. The van der Waals surface area contributed by atoms with Crippen LogP contribution in [-0.2, 0) is 0 Å². The first-order valence-electron chi connectivity index (χ1n) is 8.32. The van der Waals surface area contributed by atoms with E-state index in [9.17, 15) is 0 Å². The van der Waals surface area contributed by atoms with Crippen LogP contribution < -0.4 is 5.32 Å². The average molecular weight is 305 g/mol. The predicted octanol–water partition coefficient (Wildman–Crippen LogP) is 5.34. The van der Waals surface area contributed by atoms with Crippen LogP contribution in [0.3, 0.4) is 0 Å². The minimum Gasteiger partial charge on any atom is -0.356 e. The molecule has 0 amide bonds. The van der Waals surface area contributed by atoms with Crippen LogP contribution in [0.4, 0.5) is 5.95 Å². The van der Waals surface area contributed by atoms with E-state index in [4.69, 9.17) is 0 Å². The van der Waals surface area contributed by atoms with Gasteiger partial charge in [0.25, 0.3) is 0 Å². The number of unbranched alkanes of at least 4 members (excludes halogenated alkanes) is 2. The van der Waals surface area contributed by atoms with Crippen molar-refractivity contribution in [3.63, 3.8) is 0 Å². The van der Waals surface area contributed by atoms with E-state index in [-0.39, 0.29) is 0 Å². The van der Waals surface area contributed by atoms with Crippen LogP contribution in [0.25, 0.3) is 23.2 Å². The quantitative estimate of drug-likeness (QED) is 0.457. The summed E-state index contributed by atoms with van der Waals surface area (Å²) in [6, 6.07) is 16.6. The summed E-state index contributed by atoms with van der Waals surface area (Å²) in [6.45, 7) is 3.18. The summed E-state index contributed by atoms with van der Waals surface area (Å²) in [5, 5.41) is 3.36. The minimum absolute atomic E-state index is 0.861. The van der Waals surface area contributed by atoms with Crippen LogP contribution in [0.5, 0.6) is 0 Å². The van der Waals surface area contributed by atoms with E-state index in [0.29, 0.717) is 0 Å². The van der Waals surface area contributed by atoms with Gasteiger partial charge >= 0.3 is 0 Å².